The van der Waals surface area contributed by atoms with Crippen LogP contribution in [0.2, 0.25) is 0 Å². The SMILES string of the molecule is [B]C(O)(C#N)c1cccc2ccc(OC)cc12. The Balaban J connectivity index is 2.76. The Morgan fingerprint density at radius 1 is 1.35 bits per heavy atom. The molecule has 0 aliphatic rings. The van der Waals surface area contributed by atoms with Gasteiger partial charge in [-0.3, -0.25) is 0 Å². The van der Waals surface area contributed by atoms with Gasteiger partial charge in [0, 0.05) is 0 Å². The molecule has 0 spiro atoms. The average molecular weight is 223 g/mol. The molecular formula is C13H10BNO2. The monoisotopic (exact) mass is 223 g/mol. The average Bonchev–Trinajstić information content (AvgIpc) is 2.37. The van der Waals surface area contributed by atoms with Crippen molar-refractivity contribution in [3.63, 3.8) is 0 Å². The third-order valence-corrected chi connectivity index (χ3v) is 2.67. The Labute approximate surface area is 101 Å². The lowest BCUT2D eigenvalue weighted by molar-refractivity contribution is 0.190. The van der Waals surface area contributed by atoms with Crippen LogP contribution < -0.4 is 4.74 Å². The number of nitriles is 1. The number of fused-ring (bicyclic) bond motifs is 1. The Bertz CT molecular complexity index is 602. The van der Waals surface area contributed by atoms with Crippen LogP contribution in [0.15, 0.2) is 36.4 Å². The molecule has 0 aliphatic carbocycles. The summed E-state index contributed by atoms with van der Waals surface area (Å²) in [4.78, 5) is 0. The topological polar surface area (TPSA) is 53.2 Å². The number of hydrogen-bond acceptors (Lipinski definition) is 3. The van der Waals surface area contributed by atoms with Gasteiger partial charge in [0.15, 0.2) is 0 Å². The van der Waals surface area contributed by atoms with Crippen LogP contribution in [-0.2, 0) is 5.50 Å². The van der Waals surface area contributed by atoms with Gasteiger partial charge in [-0.2, -0.15) is 5.26 Å². The van der Waals surface area contributed by atoms with E-state index in [4.69, 9.17) is 17.8 Å². The summed E-state index contributed by atoms with van der Waals surface area (Å²) in [5.74, 6) is 0.652. The minimum atomic E-state index is -1.99. The van der Waals surface area contributed by atoms with Crippen molar-refractivity contribution >= 4 is 18.6 Å². The number of methoxy groups -OCH3 is 1. The summed E-state index contributed by atoms with van der Waals surface area (Å²) in [5.41, 5.74) is -1.62. The van der Waals surface area contributed by atoms with E-state index in [-0.39, 0.29) is 0 Å². The van der Waals surface area contributed by atoms with Gasteiger partial charge in [-0.1, -0.05) is 24.3 Å². The molecule has 1 N–H and O–H groups in total. The fraction of sp³-hybridized carbons (Fsp3) is 0.154. The zero-order valence-corrected chi connectivity index (χ0v) is 9.34. The van der Waals surface area contributed by atoms with E-state index in [1.165, 1.54) is 0 Å². The van der Waals surface area contributed by atoms with E-state index in [0.717, 1.165) is 5.39 Å². The highest BCUT2D eigenvalue weighted by Crippen LogP contribution is 2.29. The van der Waals surface area contributed by atoms with Crippen molar-refractivity contribution in [2.24, 2.45) is 0 Å². The Hall–Kier alpha value is -1.99. The van der Waals surface area contributed by atoms with E-state index in [1.54, 1.807) is 31.4 Å². The van der Waals surface area contributed by atoms with Gasteiger partial charge >= 0.3 is 0 Å². The highest BCUT2D eigenvalue weighted by atomic mass is 16.5. The molecule has 2 radical (unpaired) electrons. The standard InChI is InChI=1S/C13H10BNO2/c1-17-10-6-5-9-3-2-4-12(11(9)7-10)13(14,16)8-15/h2-7,16H,1H3. The molecule has 2 rings (SSSR count). The van der Waals surface area contributed by atoms with Crippen molar-refractivity contribution in [3.05, 3.63) is 42.0 Å². The lowest BCUT2D eigenvalue weighted by Gasteiger charge is -2.18. The summed E-state index contributed by atoms with van der Waals surface area (Å²) in [6.45, 7) is 0. The van der Waals surface area contributed by atoms with Gasteiger partial charge in [0.25, 0.3) is 0 Å². The third-order valence-electron chi connectivity index (χ3n) is 2.67. The first-order chi connectivity index (χ1) is 8.08. The maximum Gasteiger partial charge on any atom is 0.141 e. The van der Waals surface area contributed by atoms with E-state index in [2.05, 4.69) is 0 Å². The minimum absolute atomic E-state index is 0.372. The van der Waals surface area contributed by atoms with Crippen LogP contribution in [0.4, 0.5) is 0 Å². The number of aliphatic hydroxyl groups is 1. The summed E-state index contributed by atoms with van der Waals surface area (Å²) in [7, 11) is 7.11. The molecule has 17 heavy (non-hydrogen) atoms. The van der Waals surface area contributed by atoms with Crippen LogP contribution in [-0.4, -0.2) is 20.1 Å². The van der Waals surface area contributed by atoms with Crippen LogP contribution in [0.5, 0.6) is 5.75 Å². The molecular weight excluding hydrogens is 213 g/mol. The van der Waals surface area contributed by atoms with Crippen molar-refractivity contribution in [2.45, 2.75) is 5.50 Å². The number of benzene rings is 2. The van der Waals surface area contributed by atoms with Gasteiger partial charge in [-0.05, 0) is 28.5 Å². The molecule has 0 aromatic heterocycles. The maximum absolute atomic E-state index is 9.83. The van der Waals surface area contributed by atoms with Crippen molar-refractivity contribution in [1.29, 1.82) is 5.26 Å². The van der Waals surface area contributed by atoms with E-state index < -0.39 is 5.50 Å². The maximum atomic E-state index is 9.83. The Morgan fingerprint density at radius 3 is 2.76 bits per heavy atom. The van der Waals surface area contributed by atoms with Gasteiger partial charge in [0.1, 0.15) is 19.1 Å². The third kappa shape index (κ3) is 1.97. The lowest BCUT2D eigenvalue weighted by atomic mass is 9.75. The molecule has 0 saturated heterocycles. The predicted octanol–water partition coefficient (Wildman–Crippen LogP) is 1.69. The number of nitrogens with zero attached hydrogens (tertiary/aromatic N) is 1. The predicted molar refractivity (Wildman–Crippen MR) is 65.8 cm³/mol. The van der Waals surface area contributed by atoms with Crippen LogP contribution in [0.1, 0.15) is 5.56 Å². The molecule has 0 amide bonds. The molecule has 0 aliphatic heterocycles. The van der Waals surface area contributed by atoms with E-state index in [0.29, 0.717) is 16.7 Å². The van der Waals surface area contributed by atoms with Gasteiger partial charge in [0.05, 0.1) is 13.2 Å². The first-order valence-electron chi connectivity index (χ1n) is 5.08. The highest BCUT2D eigenvalue weighted by Gasteiger charge is 2.23. The van der Waals surface area contributed by atoms with Gasteiger partial charge in [0.2, 0.25) is 0 Å². The second-order valence-corrected chi connectivity index (χ2v) is 3.77. The van der Waals surface area contributed by atoms with Crippen molar-refractivity contribution in [3.8, 4) is 11.8 Å². The zero-order valence-electron chi connectivity index (χ0n) is 9.34. The molecule has 3 nitrogen and oxygen atoms in total. The smallest absolute Gasteiger partial charge is 0.141 e. The van der Waals surface area contributed by atoms with Crippen molar-refractivity contribution in [2.75, 3.05) is 7.11 Å². The molecule has 82 valence electrons. The lowest BCUT2D eigenvalue weighted by Crippen LogP contribution is -2.23. The number of hydrogen-bond donors (Lipinski definition) is 1. The van der Waals surface area contributed by atoms with Gasteiger partial charge < -0.3 is 9.84 Å². The molecule has 2 aromatic carbocycles. The molecule has 2 aromatic rings. The number of ether oxygens (including phenoxy) is 1. The van der Waals surface area contributed by atoms with Crippen LogP contribution in [0.3, 0.4) is 0 Å². The fourth-order valence-electron chi connectivity index (χ4n) is 1.77. The van der Waals surface area contributed by atoms with Crippen molar-refractivity contribution in [1.82, 2.24) is 0 Å². The normalized spacial score (nSPS) is 13.9. The number of rotatable bonds is 2. The second kappa shape index (κ2) is 4.12. The van der Waals surface area contributed by atoms with E-state index in [1.807, 2.05) is 18.2 Å². The molecule has 0 fully saturated rings. The molecule has 0 bridgehead atoms. The van der Waals surface area contributed by atoms with E-state index in [9.17, 15) is 5.11 Å². The molecule has 4 heteroatoms. The summed E-state index contributed by atoms with van der Waals surface area (Å²) in [6.07, 6.45) is 0. The summed E-state index contributed by atoms with van der Waals surface area (Å²) < 4.78 is 5.12. The molecule has 1 unspecified atom stereocenters. The summed E-state index contributed by atoms with van der Waals surface area (Å²) in [6, 6.07) is 12.4. The first kappa shape index (κ1) is 11.5. The fourth-order valence-corrected chi connectivity index (χ4v) is 1.77. The van der Waals surface area contributed by atoms with Crippen LogP contribution in [0, 0.1) is 11.3 Å². The molecule has 1 atom stereocenters. The summed E-state index contributed by atoms with van der Waals surface area (Å²) in [5, 5.41) is 20.3. The van der Waals surface area contributed by atoms with Crippen LogP contribution in [0.25, 0.3) is 10.8 Å². The first-order valence-corrected chi connectivity index (χ1v) is 5.08. The van der Waals surface area contributed by atoms with Crippen molar-refractivity contribution < 1.29 is 9.84 Å². The quantitative estimate of drug-likeness (QED) is 0.622. The second-order valence-electron chi connectivity index (χ2n) is 3.77. The highest BCUT2D eigenvalue weighted by molar-refractivity contribution is 6.18. The van der Waals surface area contributed by atoms with Crippen LogP contribution >= 0.6 is 0 Å². The van der Waals surface area contributed by atoms with Gasteiger partial charge in [-0.15, -0.1) is 0 Å². The zero-order chi connectivity index (χ0) is 12.5. The molecule has 0 saturated carbocycles. The minimum Gasteiger partial charge on any atom is -0.497 e. The summed E-state index contributed by atoms with van der Waals surface area (Å²) >= 11 is 0. The van der Waals surface area contributed by atoms with E-state index >= 15 is 0 Å². The Morgan fingerprint density at radius 2 is 2.12 bits per heavy atom. The molecule has 0 heterocycles. The Kier molecular flexibility index (Phi) is 2.78. The largest absolute Gasteiger partial charge is 0.497 e. The van der Waals surface area contributed by atoms with Gasteiger partial charge in [-0.25, -0.2) is 0 Å².